The van der Waals surface area contributed by atoms with Crippen LogP contribution in [-0.4, -0.2) is 22.0 Å². The Bertz CT molecular complexity index is 748. The number of rotatable bonds is 3. The molecule has 0 fully saturated rings. The Hall–Kier alpha value is -2.14. The monoisotopic (exact) mass is 328 g/mol. The number of fused-ring (bicyclic) bond motifs is 1. The SMILES string of the molecule is C[S@@](=O)c1cccc(NC(=O)NC2(C)Cc3ccccc3C2)c1. The van der Waals surface area contributed by atoms with Crippen molar-refractivity contribution in [2.45, 2.75) is 30.2 Å². The Kier molecular flexibility index (Phi) is 4.22. The minimum atomic E-state index is -1.07. The normalized spacial score (nSPS) is 16.4. The zero-order chi connectivity index (χ0) is 16.4. The lowest BCUT2D eigenvalue weighted by molar-refractivity contribution is 0.240. The van der Waals surface area contributed by atoms with Crippen molar-refractivity contribution < 1.29 is 9.00 Å². The Labute approximate surface area is 138 Å². The summed E-state index contributed by atoms with van der Waals surface area (Å²) in [7, 11) is -1.07. The molecule has 2 amide bonds. The van der Waals surface area contributed by atoms with Gasteiger partial charge in [-0.15, -0.1) is 0 Å². The van der Waals surface area contributed by atoms with Crippen molar-refractivity contribution in [3.8, 4) is 0 Å². The molecule has 0 saturated heterocycles. The Balaban J connectivity index is 1.66. The van der Waals surface area contributed by atoms with Crippen LogP contribution >= 0.6 is 0 Å². The molecular formula is C18H20N2O2S. The third-order valence-electron chi connectivity index (χ3n) is 4.12. The van der Waals surface area contributed by atoms with Crippen LogP contribution in [0.2, 0.25) is 0 Å². The van der Waals surface area contributed by atoms with Gasteiger partial charge in [0.2, 0.25) is 0 Å². The summed E-state index contributed by atoms with van der Waals surface area (Å²) < 4.78 is 11.5. The highest BCUT2D eigenvalue weighted by Gasteiger charge is 2.33. The molecule has 0 aliphatic heterocycles. The number of urea groups is 1. The lowest BCUT2D eigenvalue weighted by Gasteiger charge is -2.25. The molecule has 1 atom stereocenters. The van der Waals surface area contributed by atoms with Gasteiger partial charge in [-0.25, -0.2) is 4.79 Å². The molecule has 0 bridgehead atoms. The number of benzene rings is 2. The van der Waals surface area contributed by atoms with Gasteiger partial charge >= 0.3 is 6.03 Å². The highest BCUT2D eigenvalue weighted by molar-refractivity contribution is 7.84. The molecule has 2 aromatic carbocycles. The zero-order valence-corrected chi connectivity index (χ0v) is 14.1. The van der Waals surface area contributed by atoms with E-state index in [1.807, 2.05) is 12.1 Å². The van der Waals surface area contributed by atoms with E-state index in [0.29, 0.717) is 10.6 Å². The number of carbonyl (C=O) groups is 1. The molecule has 23 heavy (non-hydrogen) atoms. The second-order valence-corrected chi connectivity index (χ2v) is 7.62. The first-order chi connectivity index (χ1) is 11.0. The van der Waals surface area contributed by atoms with E-state index < -0.39 is 10.8 Å². The summed E-state index contributed by atoms with van der Waals surface area (Å²) in [6.07, 6.45) is 3.28. The number of amides is 2. The van der Waals surface area contributed by atoms with Gasteiger partial charge in [0.1, 0.15) is 0 Å². The zero-order valence-electron chi connectivity index (χ0n) is 13.3. The highest BCUT2D eigenvalue weighted by atomic mass is 32.2. The first-order valence-corrected chi connectivity index (χ1v) is 9.10. The summed E-state index contributed by atoms with van der Waals surface area (Å²) in [5, 5.41) is 5.91. The fourth-order valence-corrected chi connectivity index (χ4v) is 3.65. The molecular weight excluding hydrogens is 308 g/mol. The molecule has 5 heteroatoms. The van der Waals surface area contributed by atoms with Gasteiger partial charge in [-0.2, -0.15) is 0 Å². The van der Waals surface area contributed by atoms with Gasteiger partial charge in [-0.05, 0) is 49.1 Å². The van der Waals surface area contributed by atoms with E-state index in [1.54, 1.807) is 30.5 Å². The van der Waals surface area contributed by atoms with Crippen molar-refractivity contribution >= 4 is 22.5 Å². The Morgan fingerprint density at radius 1 is 1.09 bits per heavy atom. The van der Waals surface area contributed by atoms with Gasteiger partial charge in [0.25, 0.3) is 0 Å². The van der Waals surface area contributed by atoms with Crippen LogP contribution in [0.1, 0.15) is 18.1 Å². The van der Waals surface area contributed by atoms with E-state index in [-0.39, 0.29) is 11.6 Å². The van der Waals surface area contributed by atoms with Gasteiger partial charge < -0.3 is 10.6 Å². The van der Waals surface area contributed by atoms with E-state index in [2.05, 4.69) is 29.7 Å². The predicted molar refractivity (Wildman–Crippen MR) is 93.2 cm³/mol. The molecule has 0 spiro atoms. The van der Waals surface area contributed by atoms with Crippen LogP contribution in [0.5, 0.6) is 0 Å². The maximum absolute atomic E-state index is 12.3. The van der Waals surface area contributed by atoms with E-state index in [1.165, 1.54) is 11.1 Å². The highest BCUT2D eigenvalue weighted by Crippen LogP contribution is 2.29. The minimum absolute atomic E-state index is 0.237. The van der Waals surface area contributed by atoms with Gasteiger partial charge in [0, 0.05) is 33.2 Å². The van der Waals surface area contributed by atoms with E-state index in [9.17, 15) is 9.00 Å². The van der Waals surface area contributed by atoms with Crippen molar-refractivity contribution in [2.24, 2.45) is 0 Å². The summed E-state index contributed by atoms with van der Waals surface area (Å²) in [6.45, 7) is 2.06. The molecule has 0 saturated carbocycles. The van der Waals surface area contributed by atoms with Crippen molar-refractivity contribution in [1.82, 2.24) is 5.32 Å². The van der Waals surface area contributed by atoms with Crippen molar-refractivity contribution in [1.29, 1.82) is 0 Å². The van der Waals surface area contributed by atoms with E-state index in [0.717, 1.165) is 12.8 Å². The molecule has 0 heterocycles. The van der Waals surface area contributed by atoms with Gasteiger partial charge in [-0.3, -0.25) is 4.21 Å². The summed E-state index contributed by atoms with van der Waals surface area (Å²) in [4.78, 5) is 13.0. The molecule has 1 aliphatic rings. The second kappa shape index (κ2) is 6.16. The van der Waals surface area contributed by atoms with Gasteiger partial charge in [-0.1, -0.05) is 30.3 Å². The van der Waals surface area contributed by atoms with Gasteiger partial charge in [0.15, 0.2) is 0 Å². The van der Waals surface area contributed by atoms with Crippen molar-refractivity contribution in [3.05, 3.63) is 59.7 Å². The molecule has 1 aliphatic carbocycles. The summed E-state index contributed by atoms with van der Waals surface area (Å²) in [5.41, 5.74) is 2.95. The number of hydrogen-bond acceptors (Lipinski definition) is 2. The average Bonchev–Trinajstić information content (AvgIpc) is 2.82. The van der Waals surface area contributed by atoms with Crippen molar-refractivity contribution in [2.75, 3.05) is 11.6 Å². The first kappa shape index (κ1) is 15.7. The molecule has 0 unspecified atom stereocenters. The Morgan fingerprint density at radius 2 is 1.74 bits per heavy atom. The standard InChI is InChI=1S/C18H20N2O2S/c1-18(11-13-6-3-4-7-14(13)12-18)20-17(21)19-15-8-5-9-16(10-15)23(2)22/h3-10H,11-12H2,1-2H3,(H2,19,20,21)/t23-/m1/s1. The third kappa shape index (κ3) is 3.62. The maximum atomic E-state index is 12.3. The average molecular weight is 328 g/mol. The van der Waals surface area contributed by atoms with E-state index in [4.69, 9.17) is 0 Å². The third-order valence-corrected chi connectivity index (χ3v) is 5.04. The molecule has 0 aromatic heterocycles. The van der Waals surface area contributed by atoms with Crippen LogP contribution in [0.3, 0.4) is 0 Å². The fraction of sp³-hybridized carbons (Fsp3) is 0.278. The van der Waals surface area contributed by atoms with Gasteiger partial charge in [0.05, 0.1) is 0 Å². The first-order valence-electron chi connectivity index (χ1n) is 7.55. The summed E-state index contributed by atoms with van der Waals surface area (Å²) >= 11 is 0. The lowest BCUT2D eigenvalue weighted by Crippen LogP contribution is -2.48. The van der Waals surface area contributed by atoms with Crippen LogP contribution in [0, 0.1) is 0 Å². The number of hydrogen-bond donors (Lipinski definition) is 2. The summed E-state index contributed by atoms with van der Waals surface area (Å²) in [5.74, 6) is 0. The van der Waals surface area contributed by atoms with Crippen LogP contribution in [-0.2, 0) is 23.6 Å². The molecule has 3 rings (SSSR count). The van der Waals surface area contributed by atoms with Crippen LogP contribution in [0.4, 0.5) is 10.5 Å². The Morgan fingerprint density at radius 3 is 2.35 bits per heavy atom. The molecule has 4 nitrogen and oxygen atoms in total. The molecule has 2 aromatic rings. The number of nitrogens with one attached hydrogen (secondary N) is 2. The topological polar surface area (TPSA) is 58.2 Å². The largest absolute Gasteiger partial charge is 0.332 e. The molecule has 0 radical (unpaired) electrons. The van der Waals surface area contributed by atoms with Crippen molar-refractivity contribution in [3.63, 3.8) is 0 Å². The quantitative estimate of drug-likeness (QED) is 0.909. The number of carbonyl (C=O) groups excluding carboxylic acids is 1. The van der Waals surface area contributed by atoms with E-state index >= 15 is 0 Å². The molecule has 2 N–H and O–H groups in total. The van der Waals surface area contributed by atoms with Crippen LogP contribution in [0.15, 0.2) is 53.4 Å². The predicted octanol–water partition coefficient (Wildman–Crippen LogP) is 3.10. The number of anilines is 1. The van der Waals surface area contributed by atoms with Crippen LogP contribution < -0.4 is 10.6 Å². The smallest absolute Gasteiger partial charge is 0.319 e. The lowest BCUT2D eigenvalue weighted by atomic mass is 9.99. The molecule has 120 valence electrons. The van der Waals surface area contributed by atoms with Crippen LogP contribution in [0.25, 0.3) is 0 Å². The summed E-state index contributed by atoms with van der Waals surface area (Å²) in [6, 6.07) is 15.2. The second-order valence-electron chi connectivity index (χ2n) is 6.24. The maximum Gasteiger partial charge on any atom is 0.319 e. The minimum Gasteiger partial charge on any atom is -0.332 e. The fourth-order valence-electron chi connectivity index (χ4n) is 3.08.